The van der Waals surface area contributed by atoms with Gasteiger partial charge in [0, 0.05) is 0 Å². The van der Waals surface area contributed by atoms with Gasteiger partial charge in [-0.3, -0.25) is 0 Å². The fraction of sp³-hybridized carbons (Fsp3) is 0.250. The molecule has 0 saturated heterocycles. The third-order valence-electron chi connectivity index (χ3n) is 0.749. The fourth-order valence-corrected chi connectivity index (χ4v) is 4.78. The Labute approximate surface area is 105 Å². The van der Waals surface area contributed by atoms with Crippen molar-refractivity contribution in [2.75, 3.05) is 6.26 Å². The van der Waals surface area contributed by atoms with Gasteiger partial charge in [-0.15, -0.1) is 16.7 Å². The van der Waals surface area contributed by atoms with Crippen molar-refractivity contribution in [3.8, 4) is 0 Å². The number of hydrogen-bond acceptors (Lipinski definition) is 5. The molecule has 6 heteroatoms. The van der Waals surface area contributed by atoms with Gasteiger partial charge in [0.1, 0.15) is 0 Å². The third-order valence-corrected chi connectivity index (χ3v) is 6.13. The summed E-state index contributed by atoms with van der Waals surface area (Å²) in [7, 11) is 3.26. The topological polar surface area (TPSA) is 0 Å². The average Bonchev–Trinajstić information content (AvgIpc) is 2.15. The van der Waals surface area contributed by atoms with Gasteiger partial charge in [0.25, 0.3) is 0 Å². The van der Waals surface area contributed by atoms with Crippen LogP contribution in [0, 0.1) is 3.82 Å². The second-order valence-electron chi connectivity index (χ2n) is 1.27. The number of thioether (sulfide) groups is 1. The van der Waals surface area contributed by atoms with Gasteiger partial charge in [-0.2, -0.15) is 0 Å². The maximum absolute atomic E-state index is 5.02. The van der Waals surface area contributed by atoms with E-state index in [1.165, 1.54) is 4.21 Å². The zero-order valence-corrected chi connectivity index (χ0v) is 11.6. The predicted octanol–water partition coefficient (Wildman–Crippen LogP) is 0.171. The molecule has 1 aromatic rings. The molecule has 0 nitrogen and oxygen atoms in total. The quantitative estimate of drug-likeness (QED) is 0.224. The Morgan fingerprint density at radius 2 is 2.10 bits per heavy atom. The van der Waals surface area contributed by atoms with E-state index in [-0.39, 0.29) is 29.6 Å². The van der Waals surface area contributed by atoms with Crippen molar-refractivity contribution in [3.05, 3.63) is 3.82 Å². The van der Waals surface area contributed by atoms with Gasteiger partial charge in [0.2, 0.25) is 0 Å². The first-order chi connectivity index (χ1) is 4.25. The normalized spacial score (nSPS) is 8.90. The summed E-state index contributed by atoms with van der Waals surface area (Å²) in [5.74, 6) is 0. The zero-order valence-electron chi connectivity index (χ0n) is 5.54. The fourth-order valence-electron chi connectivity index (χ4n) is 0.361. The molecule has 1 heterocycles. The van der Waals surface area contributed by atoms with E-state index in [0.29, 0.717) is 0 Å². The van der Waals surface area contributed by atoms with E-state index >= 15 is 0 Å². The maximum Gasteiger partial charge on any atom is 1.00 e. The summed E-state index contributed by atoms with van der Waals surface area (Å²) < 4.78 is 2.04. The molecule has 0 amide bonds. The van der Waals surface area contributed by atoms with Crippen molar-refractivity contribution in [1.82, 2.24) is 0 Å². The molecule has 0 fully saturated rings. The Morgan fingerprint density at radius 1 is 1.50 bits per heavy atom. The molecular formula is C4H3NaS5. The Balaban J connectivity index is 0.000000810. The molecule has 1 aromatic heterocycles. The van der Waals surface area contributed by atoms with Crippen LogP contribution < -0.4 is 29.6 Å². The van der Waals surface area contributed by atoms with Crippen molar-refractivity contribution < 1.29 is 29.6 Å². The van der Waals surface area contributed by atoms with Crippen LogP contribution in [0.3, 0.4) is 0 Å². The first kappa shape index (κ1) is 11.8. The Morgan fingerprint density at radius 3 is 2.30 bits per heavy atom. The van der Waals surface area contributed by atoms with E-state index in [0.717, 1.165) is 8.72 Å². The maximum atomic E-state index is 5.02. The molecule has 0 spiro atoms. The van der Waals surface area contributed by atoms with E-state index in [1.807, 2.05) is 6.26 Å². The first-order valence-corrected chi connectivity index (χ1v) is 6.29. The van der Waals surface area contributed by atoms with Crippen molar-refractivity contribution in [1.29, 1.82) is 0 Å². The molecule has 0 radical (unpaired) electrons. The molecule has 0 unspecified atom stereocenters. The molecule has 10 heavy (non-hydrogen) atoms. The first-order valence-electron chi connectivity index (χ1n) is 2.10. The number of hydrogen-bond donors (Lipinski definition) is 0. The van der Waals surface area contributed by atoms with Crippen molar-refractivity contribution >= 4 is 57.3 Å². The van der Waals surface area contributed by atoms with Crippen LogP contribution in [0.5, 0.6) is 0 Å². The van der Waals surface area contributed by atoms with Crippen LogP contribution in [0.4, 0.5) is 0 Å². The molecule has 1 rings (SSSR count). The minimum absolute atomic E-state index is 0. The molecule has 0 bridgehead atoms. The summed E-state index contributed by atoms with van der Waals surface area (Å²) >= 11 is 11.6. The second-order valence-corrected chi connectivity index (χ2v) is 5.57. The Hall–Kier alpha value is 1.84. The van der Waals surface area contributed by atoms with Crippen molar-refractivity contribution in [3.63, 3.8) is 0 Å². The summed E-state index contributed by atoms with van der Waals surface area (Å²) in [6.45, 7) is 0. The minimum atomic E-state index is 0. The summed E-state index contributed by atoms with van der Waals surface area (Å²) in [4.78, 5) is 0.868. The summed E-state index contributed by atoms with van der Waals surface area (Å²) in [5.41, 5.74) is 0. The summed E-state index contributed by atoms with van der Waals surface area (Å²) in [5, 5.41) is 0. The van der Waals surface area contributed by atoms with Crippen LogP contribution in [0.1, 0.15) is 0 Å². The van der Waals surface area contributed by atoms with E-state index in [2.05, 4.69) is 0 Å². The smallest absolute Gasteiger partial charge is 0.776 e. The molecule has 50 valence electrons. The van der Waals surface area contributed by atoms with Crippen LogP contribution in [0.15, 0.2) is 9.10 Å². The van der Waals surface area contributed by atoms with E-state index in [9.17, 15) is 0 Å². The van der Waals surface area contributed by atoms with E-state index < -0.39 is 0 Å². The van der Waals surface area contributed by atoms with Crippen LogP contribution in [0.25, 0.3) is 0 Å². The van der Waals surface area contributed by atoms with Gasteiger partial charge >= 0.3 is 29.6 Å². The molecule has 0 saturated carbocycles. The summed E-state index contributed by atoms with van der Waals surface area (Å²) in [6.07, 6.45) is 2.02. The minimum Gasteiger partial charge on any atom is -0.776 e. The predicted molar refractivity (Wildman–Crippen MR) is 50.4 cm³/mol. The Bertz CT molecular complexity index is 248. The van der Waals surface area contributed by atoms with Gasteiger partial charge in [0.05, 0.1) is 8.03 Å². The van der Waals surface area contributed by atoms with Crippen molar-refractivity contribution in [2.45, 2.75) is 9.10 Å². The number of rotatable bonds is 1. The van der Waals surface area contributed by atoms with Crippen molar-refractivity contribution in [2.24, 2.45) is 0 Å². The SMILES string of the molecule is CSc1ssc(=S)c1[S-].[Na+]. The van der Waals surface area contributed by atoms with E-state index in [4.69, 9.17) is 24.8 Å². The molecule has 0 N–H and O–H groups in total. The largest absolute Gasteiger partial charge is 1.00 e. The molecule has 0 aromatic carbocycles. The molecule has 0 atom stereocenters. The van der Waals surface area contributed by atoms with E-state index in [1.54, 1.807) is 32.4 Å². The molecule has 0 aliphatic rings. The van der Waals surface area contributed by atoms with Gasteiger partial charge in [-0.1, -0.05) is 32.9 Å². The third kappa shape index (κ3) is 2.71. The second kappa shape index (κ2) is 5.48. The molecule has 0 aliphatic heterocycles. The zero-order chi connectivity index (χ0) is 6.85. The average molecular weight is 234 g/mol. The van der Waals surface area contributed by atoms with Crippen LogP contribution in [-0.2, 0) is 12.6 Å². The summed E-state index contributed by atoms with van der Waals surface area (Å²) in [6, 6.07) is 0. The standard InChI is InChI=1S/C4H4S5.Na/c1-7-4-2(5)3(6)8-9-4;/h5H,1H3;/q;+1/p-1. The van der Waals surface area contributed by atoms with Gasteiger partial charge in [-0.05, 0) is 6.26 Å². The van der Waals surface area contributed by atoms with Crippen LogP contribution in [-0.4, -0.2) is 6.26 Å². The van der Waals surface area contributed by atoms with Gasteiger partial charge < -0.3 is 12.6 Å². The van der Waals surface area contributed by atoms with Crippen LogP contribution in [0.2, 0.25) is 0 Å². The van der Waals surface area contributed by atoms with Gasteiger partial charge in [-0.25, -0.2) is 0 Å². The Kier molecular flexibility index (Phi) is 6.49. The van der Waals surface area contributed by atoms with Gasteiger partial charge in [0.15, 0.2) is 0 Å². The molecular weight excluding hydrogens is 231 g/mol. The molecule has 0 aliphatic carbocycles. The monoisotopic (exact) mass is 234 g/mol. The van der Waals surface area contributed by atoms with Crippen LogP contribution >= 0.6 is 44.7 Å².